The molecule has 0 bridgehead atoms. The molecule has 0 fully saturated rings. The van der Waals surface area contributed by atoms with Crippen LogP contribution in [-0.4, -0.2) is 18.4 Å². The molecule has 0 saturated heterocycles. The highest BCUT2D eigenvalue weighted by Crippen LogP contribution is 2.22. The van der Waals surface area contributed by atoms with Crippen LogP contribution in [0.3, 0.4) is 0 Å². The Kier molecular flexibility index (Phi) is 3.87. The van der Waals surface area contributed by atoms with Gasteiger partial charge < -0.3 is 5.73 Å². The normalized spacial score (nSPS) is 10.8. The molecule has 0 radical (unpaired) electrons. The number of nitrogens with two attached hydrogens (primary N) is 1. The van der Waals surface area contributed by atoms with Crippen molar-refractivity contribution in [2.75, 3.05) is 10.5 Å². The number of sulfonamides is 1. The van der Waals surface area contributed by atoms with Gasteiger partial charge in [0.25, 0.3) is 10.0 Å². The second kappa shape index (κ2) is 5.44. The standard InChI is InChI=1S/C11H8BrN5O2S/c12-8-1-2-10(7(3-8)4-13)17-20(18,19)9-5-15-11(14)16-6-9/h1-3,5-6,17H,(H2,14,15,16). The molecule has 2 rings (SSSR count). The lowest BCUT2D eigenvalue weighted by Gasteiger charge is -2.09. The smallest absolute Gasteiger partial charge is 0.265 e. The van der Waals surface area contributed by atoms with Crippen molar-refractivity contribution in [3.8, 4) is 6.07 Å². The summed E-state index contributed by atoms with van der Waals surface area (Å²) < 4.78 is 27.2. The number of nitrogens with one attached hydrogen (secondary N) is 1. The van der Waals surface area contributed by atoms with E-state index >= 15 is 0 Å². The summed E-state index contributed by atoms with van der Waals surface area (Å²) in [7, 11) is -3.87. The van der Waals surface area contributed by atoms with Crippen LogP contribution in [0.2, 0.25) is 0 Å². The number of aromatic nitrogens is 2. The van der Waals surface area contributed by atoms with Gasteiger partial charge in [0.05, 0.1) is 23.6 Å². The van der Waals surface area contributed by atoms with Crippen LogP contribution >= 0.6 is 15.9 Å². The van der Waals surface area contributed by atoms with Crippen molar-refractivity contribution in [2.24, 2.45) is 0 Å². The quantitative estimate of drug-likeness (QED) is 0.861. The van der Waals surface area contributed by atoms with Crippen LogP contribution in [0, 0.1) is 11.3 Å². The zero-order valence-corrected chi connectivity index (χ0v) is 12.3. The van der Waals surface area contributed by atoms with Gasteiger partial charge in [-0.05, 0) is 18.2 Å². The van der Waals surface area contributed by atoms with Gasteiger partial charge in [0, 0.05) is 4.47 Å². The number of hydrogen-bond donors (Lipinski definition) is 2. The summed E-state index contributed by atoms with van der Waals surface area (Å²) in [6.45, 7) is 0. The van der Waals surface area contributed by atoms with Gasteiger partial charge in [0.2, 0.25) is 5.95 Å². The first-order valence-corrected chi connectivity index (χ1v) is 7.50. The summed E-state index contributed by atoms with van der Waals surface area (Å²) in [5, 5.41) is 9.00. The Labute approximate surface area is 123 Å². The Hall–Kier alpha value is -2.18. The van der Waals surface area contributed by atoms with Crippen molar-refractivity contribution in [2.45, 2.75) is 4.90 Å². The van der Waals surface area contributed by atoms with E-state index in [2.05, 4.69) is 30.6 Å². The summed E-state index contributed by atoms with van der Waals surface area (Å²) in [5.74, 6) is -0.0229. The molecule has 1 aromatic carbocycles. The first-order valence-electron chi connectivity index (χ1n) is 5.22. The summed E-state index contributed by atoms with van der Waals surface area (Å²) in [6, 6.07) is 6.53. The minimum absolute atomic E-state index is 0.0229. The number of hydrogen-bond acceptors (Lipinski definition) is 6. The third-order valence-corrected chi connectivity index (χ3v) is 4.12. The zero-order valence-electron chi connectivity index (χ0n) is 9.91. The van der Waals surface area contributed by atoms with Gasteiger partial charge in [-0.1, -0.05) is 15.9 Å². The van der Waals surface area contributed by atoms with Crippen LogP contribution in [0.15, 0.2) is 40.0 Å². The van der Waals surface area contributed by atoms with Crippen molar-refractivity contribution in [1.82, 2.24) is 9.97 Å². The highest BCUT2D eigenvalue weighted by molar-refractivity contribution is 9.10. The maximum Gasteiger partial charge on any atom is 0.265 e. The Morgan fingerprint density at radius 1 is 1.30 bits per heavy atom. The lowest BCUT2D eigenvalue weighted by molar-refractivity contribution is 0.600. The highest BCUT2D eigenvalue weighted by atomic mass is 79.9. The minimum atomic E-state index is -3.87. The van der Waals surface area contributed by atoms with Crippen molar-refractivity contribution in [1.29, 1.82) is 5.26 Å². The lowest BCUT2D eigenvalue weighted by Crippen LogP contribution is -2.14. The molecular formula is C11H8BrN5O2S. The molecule has 7 nitrogen and oxygen atoms in total. The topological polar surface area (TPSA) is 122 Å². The van der Waals surface area contributed by atoms with Crippen LogP contribution in [0.25, 0.3) is 0 Å². The van der Waals surface area contributed by atoms with E-state index in [0.717, 1.165) is 12.4 Å². The molecule has 2 aromatic rings. The summed E-state index contributed by atoms with van der Waals surface area (Å²) in [4.78, 5) is 7.10. The highest BCUT2D eigenvalue weighted by Gasteiger charge is 2.17. The summed E-state index contributed by atoms with van der Waals surface area (Å²) in [5.41, 5.74) is 5.67. The predicted octanol–water partition coefficient (Wildman–Crippen LogP) is 1.49. The Balaban J connectivity index is 2.39. The molecule has 1 aromatic heterocycles. The molecule has 0 aliphatic heterocycles. The van der Waals surface area contributed by atoms with Crippen LogP contribution < -0.4 is 10.5 Å². The number of nitriles is 1. The van der Waals surface area contributed by atoms with E-state index < -0.39 is 10.0 Å². The van der Waals surface area contributed by atoms with Gasteiger partial charge >= 0.3 is 0 Å². The van der Waals surface area contributed by atoms with Crippen molar-refractivity contribution < 1.29 is 8.42 Å². The molecule has 0 atom stereocenters. The largest absolute Gasteiger partial charge is 0.368 e. The predicted molar refractivity (Wildman–Crippen MR) is 76.1 cm³/mol. The third kappa shape index (κ3) is 3.04. The lowest BCUT2D eigenvalue weighted by atomic mass is 10.2. The van der Waals surface area contributed by atoms with Crippen LogP contribution in [0.5, 0.6) is 0 Å². The van der Waals surface area contributed by atoms with E-state index in [0.29, 0.717) is 4.47 Å². The average Bonchev–Trinajstić information content (AvgIpc) is 2.41. The molecule has 0 saturated carbocycles. The van der Waals surface area contributed by atoms with E-state index in [-0.39, 0.29) is 22.1 Å². The van der Waals surface area contributed by atoms with Crippen molar-refractivity contribution >= 4 is 37.6 Å². The third-order valence-electron chi connectivity index (χ3n) is 2.30. The zero-order chi connectivity index (χ0) is 14.8. The monoisotopic (exact) mass is 353 g/mol. The maximum absolute atomic E-state index is 12.1. The van der Waals surface area contributed by atoms with Gasteiger partial charge in [-0.25, -0.2) is 18.4 Å². The van der Waals surface area contributed by atoms with Gasteiger partial charge in [0.1, 0.15) is 11.0 Å². The summed E-state index contributed by atoms with van der Waals surface area (Å²) >= 11 is 3.21. The molecular weight excluding hydrogens is 346 g/mol. The van der Waals surface area contributed by atoms with Crippen molar-refractivity contribution in [3.63, 3.8) is 0 Å². The molecule has 9 heteroatoms. The van der Waals surface area contributed by atoms with E-state index in [1.54, 1.807) is 6.07 Å². The van der Waals surface area contributed by atoms with Crippen LogP contribution in [0.4, 0.5) is 11.6 Å². The molecule has 3 N–H and O–H groups in total. The number of anilines is 2. The fraction of sp³-hybridized carbons (Fsp3) is 0. The number of rotatable bonds is 3. The van der Waals surface area contributed by atoms with Crippen LogP contribution in [-0.2, 0) is 10.0 Å². The Morgan fingerprint density at radius 3 is 2.55 bits per heavy atom. The first kappa shape index (κ1) is 14.2. The van der Waals surface area contributed by atoms with E-state index in [4.69, 9.17) is 11.0 Å². The SMILES string of the molecule is N#Cc1cc(Br)ccc1NS(=O)(=O)c1cnc(N)nc1. The van der Waals surface area contributed by atoms with Gasteiger partial charge in [-0.3, -0.25) is 4.72 Å². The molecule has 0 amide bonds. The second-order valence-electron chi connectivity index (χ2n) is 3.68. The molecule has 0 aliphatic rings. The number of nitrogen functional groups attached to an aromatic ring is 1. The minimum Gasteiger partial charge on any atom is -0.368 e. The van der Waals surface area contributed by atoms with Gasteiger partial charge in [-0.15, -0.1) is 0 Å². The first-order chi connectivity index (χ1) is 9.42. The Morgan fingerprint density at radius 2 is 1.95 bits per heavy atom. The van der Waals surface area contributed by atoms with Gasteiger partial charge in [-0.2, -0.15) is 5.26 Å². The molecule has 20 heavy (non-hydrogen) atoms. The molecule has 102 valence electrons. The fourth-order valence-electron chi connectivity index (χ4n) is 1.37. The van der Waals surface area contributed by atoms with Crippen LogP contribution in [0.1, 0.15) is 5.56 Å². The summed E-state index contributed by atoms with van der Waals surface area (Å²) in [6.07, 6.45) is 2.19. The number of halogens is 1. The second-order valence-corrected chi connectivity index (χ2v) is 6.28. The fourth-order valence-corrected chi connectivity index (χ4v) is 2.70. The number of nitrogens with zero attached hydrogens (tertiary/aromatic N) is 3. The van der Waals surface area contributed by atoms with Gasteiger partial charge in [0.15, 0.2) is 0 Å². The van der Waals surface area contributed by atoms with Crippen molar-refractivity contribution in [3.05, 3.63) is 40.6 Å². The average molecular weight is 354 g/mol. The molecule has 0 aliphatic carbocycles. The Bertz CT molecular complexity index is 783. The van der Waals surface area contributed by atoms with E-state index in [1.807, 2.05) is 6.07 Å². The molecule has 1 heterocycles. The number of benzene rings is 1. The van der Waals surface area contributed by atoms with E-state index in [9.17, 15) is 8.42 Å². The molecule has 0 spiro atoms. The van der Waals surface area contributed by atoms with E-state index in [1.165, 1.54) is 12.1 Å². The maximum atomic E-state index is 12.1. The molecule has 0 unspecified atom stereocenters.